The molecular weight excluding hydrogens is 1380 g/mol. The standard InChI is InChI=1S/C90H165NO18/c1-3-5-7-9-11-13-15-17-19-21-23-25-27-29-31-33-34-35-36-37-38-40-42-44-46-48-50-52-54-56-58-60-62-64-66-68-78(96)91-73(74(95)67-65-63-61-59-57-55-53-51-49-47-45-43-41-39-32-30-28-26-24-22-20-18-16-14-12-10-8-6-4-2)72-104-88-84(102)81(99)86(76(70-93)106-88)109-90-85(103)82(100)87(77(71-94)107-90)108-89-83(101)80(98)79(97)75(69-92)105-89/h5,7,11,13,17,19,23,25,65,67,73-77,79-90,92-95,97-103H,3-4,6,8-10,12,14-16,18,20-22,24,26-64,66,68-72H2,1-2H3,(H,91,96)/b7-5-,13-11-,19-17-,25-23-,67-65+. The summed E-state index contributed by atoms with van der Waals surface area (Å²) in [6.07, 6.45) is 65.1. The van der Waals surface area contributed by atoms with Crippen LogP contribution in [-0.4, -0.2) is 193 Å². The van der Waals surface area contributed by atoms with Gasteiger partial charge in [-0.05, 0) is 57.8 Å². The van der Waals surface area contributed by atoms with Crippen molar-refractivity contribution in [1.29, 1.82) is 0 Å². The van der Waals surface area contributed by atoms with Gasteiger partial charge in [0.1, 0.15) is 73.2 Å². The Kier molecular flexibility index (Phi) is 64.4. The van der Waals surface area contributed by atoms with Gasteiger partial charge in [0.05, 0.1) is 38.6 Å². The van der Waals surface area contributed by atoms with E-state index in [4.69, 9.17) is 28.4 Å². The van der Waals surface area contributed by atoms with Gasteiger partial charge in [0, 0.05) is 6.42 Å². The highest BCUT2D eigenvalue weighted by Gasteiger charge is 2.54. The van der Waals surface area contributed by atoms with Crippen molar-refractivity contribution in [3.8, 4) is 0 Å². The smallest absolute Gasteiger partial charge is 0.220 e. The van der Waals surface area contributed by atoms with Crippen molar-refractivity contribution in [1.82, 2.24) is 5.32 Å². The summed E-state index contributed by atoms with van der Waals surface area (Å²) in [7, 11) is 0. The van der Waals surface area contributed by atoms with Crippen LogP contribution in [0.3, 0.4) is 0 Å². The van der Waals surface area contributed by atoms with Gasteiger partial charge in [0.2, 0.25) is 5.91 Å². The number of unbranched alkanes of at least 4 members (excludes halogenated alkanes) is 49. The van der Waals surface area contributed by atoms with E-state index in [1.54, 1.807) is 6.08 Å². The molecule has 3 aliphatic heterocycles. The SMILES string of the molecule is CC/C=C\C/C=C\C/C=C\C/C=C\CCCCCCCCCCCCCCCCCCCCCCCCC(=O)NC(COC1OC(CO)C(OC2OC(CO)C(OC3OC(CO)C(O)C(O)C3O)C(O)C2O)C(O)C1O)C(O)/C=C/CCCCCCCCCCCCCCCCCCCCCCCCCCCCC. The zero-order valence-corrected chi connectivity index (χ0v) is 68.8. The van der Waals surface area contributed by atoms with Crippen molar-refractivity contribution in [2.45, 2.75) is 478 Å². The Morgan fingerprint density at radius 1 is 0.339 bits per heavy atom. The summed E-state index contributed by atoms with van der Waals surface area (Å²) in [5.41, 5.74) is 0. The van der Waals surface area contributed by atoms with Gasteiger partial charge in [0.25, 0.3) is 0 Å². The molecule has 12 N–H and O–H groups in total. The van der Waals surface area contributed by atoms with Crippen LogP contribution < -0.4 is 5.32 Å². The maximum atomic E-state index is 13.5. The number of aliphatic hydroxyl groups is 11. The largest absolute Gasteiger partial charge is 0.394 e. The minimum atomic E-state index is -1.98. The van der Waals surface area contributed by atoms with Crippen molar-refractivity contribution < 1.29 is 89.4 Å². The lowest BCUT2D eigenvalue weighted by Gasteiger charge is -2.48. The van der Waals surface area contributed by atoms with Gasteiger partial charge in [-0.3, -0.25) is 4.79 Å². The second-order valence-electron chi connectivity index (χ2n) is 32.0. The van der Waals surface area contributed by atoms with Crippen LogP contribution in [0.5, 0.6) is 0 Å². The fourth-order valence-electron chi connectivity index (χ4n) is 15.2. The molecule has 0 aromatic rings. The summed E-state index contributed by atoms with van der Waals surface area (Å²) < 4.78 is 34.5. The maximum Gasteiger partial charge on any atom is 0.220 e. The molecule has 0 radical (unpaired) electrons. The van der Waals surface area contributed by atoms with Gasteiger partial charge in [-0.1, -0.05) is 370 Å². The Balaban J connectivity index is 1.32. The quantitative estimate of drug-likeness (QED) is 0.0199. The number of amides is 1. The molecule has 3 saturated heterocycles. The molecule has 3 heterocycles. The normalized spacial score (nSPS) is 25.5. The Labute approximate surface area is 662 Å². The molecule has 19 nitrogen and oxygen atoms in total. The first kappa shape index (κ1) is 101. The number of carbonyl (C=O) groups excluding carboxylic acids is 1. The van der Waals surface area contributed by atoms with Gasteiger partial charge in [-0.15, -0.1) is 0 Å². The molecule has 3 aliphatic rings. The van der Waals surface area contributed by atoms with E-state index in [2.05, 4.69) is 67.8 Å². The summed E-state index contributed by atoms with van der Waals surface area (Å²) in [6.45, 7) is 1.69. The van der Waals surface area contributed by atoms with Crippen LogP contribution in [-0.2, 0) is 33.2 Å². The lowest BCUT2D eigenvalue weighted by molar-refractivity contribution is -0.379. The third-order valence-electron chi connectivity index (χ3n) is 22.3. The van der Waals surface area contributed by atoms with Crippen LogP contribution >= 0.6 is 0 Å². The molecule has 1 amide bonds. The van der Waals surface area contributed by atoms with Crippen molar-refractivity contribution in [3.63, 3.8) is 0 Å². The van der Waals surface area contributed by atoms with Crippen LogP contribution in [0.4, 0.5) is 0 Å². The summed E-state index contributed by atoms with van der Waals surface area (Å²) in [6, 6.07) is -0.975. The third-order valence-corrected chi connectivity index (χ3v) is 22.3. The lowest BCUT2D eigenvalue weighted by atomic mass is 9.96. The average Bonchev–Trinajstić information content (AvgIpc) is 0.749. The Hall–Kier alpha value is -2.51. The number of carbonyl (C=O) groups is 1. The first-order valence-corrected chi connectivity index (χ1v) is 45.0. The molecule has 0 aromatic carbocycles. The predicted octanol–water partition coefficient (Wildman–Crippen LogP) is 17.0. The Morgan fingerprint density at radius 3 is 0.991 bits per heavy atom. The van der Waals surface area contributed by atoms with E-state index in [-0.39, 0.29) is 18.9 Å². The van der Waals surface area contributed by atoms with E-state index in [0.717, 1.165) is 70.6 Å². The minimum Gasteiger partial charge on any atom is -0.394 e. The topological polar surface area (TPSA) is 307 Å². The highest BCUT2D eigenvalue weighted by Crippen LogP contribution is 2.34. The van der Waals surface area contributed by atoms with E-state index in [1.807, 2.05) is 6.08 Å². The number of nitrogens with one attached hydrogen (secondary N) is 1. The molecule has 0 bridgehead atoms. The first-order valence-electron chi connectivity index (χ1n) is 45.0. The number of rotatable bonds is 73. The fraction of sp³-hybridized carbons (Fsp3) is 0.878. The number of ether oxygens (including phenoxy) is 6. The van der Waals surface area contributed by atoms with E-state index >= 15 is 0 Å². The highest BCUT2D eigenvalue weighted by molar-refractivity contribution is 5.76. The Bertz CT molecular complexity index is 2200. The average molecular weight is 1550 g/mol. The summed E-state index contributed by atoms with van der Waals surface area (Å²) in [4.78, 5) is 13.5. The first-order chi connectivity index (χ1) is 53.3. The van der Waals surface area contributed by atoms with E-state index in [9.17, 15) is 61.0 Å². The van der Waals surface area contributed by atoms with Crippen LogP contribution in [0.25, 0.3) is 0 Å². The molecule has 3 rings (SSSR count). The molecule has 638 valence electrons. The van der Waals surface area contributed by atoms with E-state index in [0.29, 0.717) is 6.42 Å². The van der Waals surface area contributed by atoms with Gasteiger partial charge in [-0.25, -0.2) is 0 Å². The van der Waals surface area contributed by atoms with Crippen LogP contribution in [0.15, 0.2) is 60.8 Å². The van der Waals surface area contributed by atoms with Gasteiger partial charge in [-0.2, -0.15) is 0 Å². The molecular formula is C90H165NO18. The van der Waals surface area contributed by atoms with Crippen LogP contribution in [0.2, 0.25) is 0 Å². The van der Waals surface area contributed by atoms with Crippen LogP contribution in [0, 0.1) is 0 Å². The summed E-state index contributed by atoms with van der Waals surface area (Å²) >= 11 is 0. The van der Waals surface area contributed by atoms with Crippen molar-refractivity contribution >= 4 is 5.91 Å². The van der Waals surface area contributed by atoms with Crippen molar-refractivity contribution in [3.05, 3.63) is 60.8 Å². The molecule has 17 unspecified atom stereocenters. The summed E-state index contributed by atoms with van der Waals surface area (Å²) in [5.74, 6) is -0.268. The molecule has 3 fully saturated rings. The fourth-order valence-corrected chi connectivity index (χ4v) is 15.2. The molecule has 17 atom stereocenters. The molecule has 0 aliphatic carbocycles. The Morgan fingerprint density at radius 2 is 0.633 bits per heavy atom. The number of hydrogen-bond donors (Lipinski definition) is 12. The molecule has 0 aromatic heterocycles. The number of aliphatic hydroxyl groups excluding tert-OH is 11. The zero-order valence-electron chi connectivity index (χ0n) is 68.8. The van der Waals surface area contributed by atoms with Crippen molar-refractivity contribution in [2.75, 3.05) is 26.4 Å². The molecule has 0 spiro atoms. The van der Waals surface area contributed by atoms with Crippen molar-refractivity contribution in [2.24, 2.45) is 0 Å². The van der Waals surface area contributed by atoms with Gasteiger partial charge < -0.3 is 89.9 Å². The number of hydrogen-bond acceptors (Lipinski definition) is 18. The molecule has 0 saturated carbocycles. The van der Waals surface area contributed by atoms with Gasteiger partial charge >= 0.3 is 0 Å². The van der Waals surface area contributed by atoms with E-state index < -0.39 is 124 Å². The van der Waals surface area contributed by atoms with Gasteiger partial charge in [0.15, 0.2) is 18.9 Å². The zero-order chi connectivity index (χ0) is 78.8. The molecule has 19 heteroatoms. The molecule has 109 heavy (non-hydrogen) atoms. The predicted molar refractivity (Wildman–Crippen MR) is 439 cm³/mol. The second-order valence-corrected chi connectivity index (χ2v) is 32.0. The lowest BCUT2D eigenvalue weighted by Crippen LogP contribution is -2.66. The van der Waals surface area contributed by atoms with Crippen LogP contribution in [0.1, 0.15) is 373 Å². The highest BCUT2D eigenvalue weighted by atomic mass is 16.8. The van der Waals surface area contributed by atoms with E-state index in [1.165, 1.54) is 276 Å². The minimum absolute atomic E-state index is 0.246. The summed E-state index contributed by atoms with van der Waals surface area (Å²) in [5, 5.41) is 121. The third kappa shape index (κ3) is 48.6. The second kappa shape index (κ2) is 69.8. The monoisotopic (exact) mass is 1550 g/mol. The maximum absolute atomic E-state index is 13.5. The number of allylic oxidation sites excluding steroid dienone is 9.